The fourth-order valence-electron chi connectivity index (χ4n) is 4.10. The Kier molecular flexibility index (Phi) is 9.22. The molecule has 2 aromatic carbocycles. The highest BCUT2D eigenvalue weighted by molar-refractivity contribution is 5.94. The molecule has 0 unspecified atom stereocenters. The molecule has 0 bridgehead atoms. The Bertz CT molecular complexity index is 1150. The second-order valence-electron chi connectivity index (χ2n) is 9.50. The van der Waals surface area contributed by atoms with Crippen molar-refractivity contribution in [1.29, 1.82) is 0 Å². The number of nitrogens with zero attached hydrogens (tertiary/aromatic N) is 2. The molecule has 2 N–H and O–H groups in total. The third kappa shape index (κ3) is 6.93. The molecule has 8 heteroatoms. The Hall–Kier alpha value is -3.68. The van der Waals surface area contributed by atoms with E-state index in [0.29, 0.717) is 24.4 Å². The Morgan fingerprint density at radius 1 is 1.00 bits per heavy atom. The molecule has 3 aromatic rings. The highest BCUT2D eigenvalue weighted by atomic mass is 16.3. The highest BCUT2D eigenvalue weighted by Gasteiger charge is 2.25. The molecule has 1 heterocycles. The van der Waals surface area contributed by atoms with Crippen molar-refractivity contribution in [3.63, 3.8) is 0 Å². The molecule has 8 nitrogen and oxygen atoms in total. The molecule has 0 saturated carbocycles. The van der Waals surface area contributed by atoms with Crippen LogP contribution in [0.5, 0.6) is 0 Å². The van der Waals surface area contributed by atoms with Gasteiger partial charge in [0.2, 0.25) is 17.7 Å². The van der Waals surface area contributed by atoms with E-state index >= 15 is 0 Å². The molecule has 0 aliphatic heterocycles. The molecule has 0 fully saturated rings. The van der Waals surface area contributed by atoms with Gasteiger partial charge in [-0.05, 0) is 55.2 Å². The van der Waals surface area contributed by atoms with Crippen molar-refractivity contribution in [3.05, 3.63) is 54.1 Å². The number of fused-ring (bicyclic) bond motifs is 1. The molecule has 2 atom stereocenters. The topological polar surface area (TPSA) is 105 Å². The Balaban J connectivity index is 1.59. The standard InChI is InChI=1S/C28H36N4O4/c1-6-9-22(30-26(34)25(18(2)3)29-19(4)33)16-17-32(5)28(35)21-14-12-20(13-15-21)27-31-23-10-7-8-11-24(23)36-27/h7-8,10-15,18,22,25H,6,9,16-17H2,1-5H3,(H,29,33)(H,30,34)/t22-,25-/m0/s1. The zero-order valence-corrected chi connectivity index (χ0v) is 21.7. The Morgan fingerprint density at radius 3 is 2.31 bits per heavy atom. The summed E-state index contributed by atoms with van der Waals surface area (Å²) in [5, 5.41) is 5.79. The number of para-hydroxylation sites is 2. The van der Waals surface area contributed by atoms with Gasteiger partial charge in [-0.25, -0.2) is 4.98 Å². The van der Waals surface area contributed by atoms with E-state index in [-0.39, 0.29) is 29.7 Å². The summed E-state index contributed by atoms with van der Waals surface area (Å²) in [5.74, 6) is -0.0384. The number of hydrogen-bond acceptors (Lipinski definition) is 5. The molecular formula is C28H36N4O4. The molecule has 0 aliphatic carbocycles. The van der Waals surface area contributed by atoms with Crippen LogP contribution >= 0.6 is 0 Å². The maximum absolute atomic E-state index is 13.0. The summed E-state index contributed by atoms with van der Waals surface area (Å²) in [7, 11) is 1.76. The summed E-state index contributed by atoms with van der Waals surface area (Å²) in [6, 6.07) is 14.1. The van der Waals surface area contributed by atoms with E-state index in [0.717, 1.165) is 29.5 Å². The monoisotopic (exact) mass is 492 g/mol. The Morgan fingerprint density at radius 2 is 1.69 bits per heavy atom. The van der Waals surface area contributed by atoms with Crippen molar-refractivity contribution in [3.8, 4) is 11.5 Å². The van der Waals surface area contributed by atoms with E-state index in [2.05, 4.69) is 22.5 Å². The van der Waals surface area contributed by atoms with Gasteiger partial charge in [-0.1, -0.05) is 39.3 Å². The van der Waals surface area contributed by atoms with Crippen LogP contribution in [0.3, 0.4) is 0 Å². The summed E-state index contributed by atoms with van der Waals surface area (Å²) in [6.45, 7) is 7.75. The SMILES string of the molecule is CCC[C@@H](CCN(C)C(=O)c1ccc(-c2nc3ccccc3o2)cc1)NC(=O)[C@@H](NC(C)=O)C(C)C. The summed E-state index contributed by atoms with van der Waals surface area (Å²) in [5.41, 5.74) is 2.88. The summed E-state index contributed by atoms with van der Waals surface area (Å²) < 4.78 is 5.81. The van der Waals surface area contributed by atoms with Gasteiger partial charge in [0.1, 0.15) is 11.6 Å². The maximum Gasteiger partial charge on any atom is 0.253 e. The van der Waals surface area contributed by atoms with Crippen LogP contribution in [0, 0.1) is 5.92 Å². The van der Waals surface area contributed by atoms with Crippen LogP contribution < -0.4 is 10.6 Å². The van der Waals surface area contributed by atoms with Gasteiger partial charge in [-0.2, -0.15) is 0 Å². The van der Waals surface area contributed by atoms with E-state index in [4.69, 9.17) is 4.42 Å². The molecule has 0 saturated heterocycles. The lowest BCUT2D eigenvalue weighted by Gasteiger charge is -2.26. The van der Waals surface area contributed by atoms with Gasteiger partial charge in [0, 0.05) is 37.7 Å². The summed E-state index contributed by atoms with van der Waals surface area (Å²) >= 11 is 0. The third-order valence-corrected chi connectivity index (χ3v) is 6.12. The maximum atomic E-state index is 13.0. The van der Waals surface area contributed by atoms with E-state index < -0.39 is 6.04 Å². The number of oxazole rings is 1. The second-order valence-corrected chi connectivity index (χ2v) is 9.50. The summed E-state index contributed by atoms with van der Waals surface area (Å²) in [6.07, 6.45) is 2.30. The quantitative estimate of drug-likeness (QED) is 0.413. The Labute approximate surface area is 212 Å². The minimum absolute atomic E-state index is 0.0295. The van der Waals surface area contributed by atoms with Gasteiger partial charge in [-0.3, -0.25) is 14.4 Å². The third-order valence-electron chi connectivity index (χ3n) is 6.12. The number of carbonyl (C=O) groups is 3. The number of amides is 3. The van der Waals surface area contributed by atoms with Crippen molar-refractivity contribution in [2.75, 3.05) is 13.6 Å². The number of benzene rings is 2. The van der Waals surface area contributed by atoms with E-state index in [1.54, 1.807) is 24.1 Å². The zero-order chi connectivity index (χ0) is 26.2. The van der Waals surface area contributed by atoms with Crippen molar-refractivity contribution in [1.82, 2.24) is 20.5 Å². The largest absolute Gasteiger partial charge is 0.436 e. The van der Waals surface area contributed by atoms with Crippen LogP contribution in [0.25, 0.3) is 22.6 Å². The van der Waals surface area contributed by atoms with Gasteiger partial charge < -0.3 is 20.0 Å². The van der Waals surface area contributed by atoms with Gasteiger partial charge in [0.15, 0.2) is 5.58 Å². The summed E-state index contributed by atoms with van der Waals surface area (Å²) in [4.78, 5) is 43.5. The lowest BCUT2D eigenvalue weighted by Crippen LogP contribution is -2.52. The first-order valence-corrected chi connectivity index (χ1v) is 12.5. The minimum Gasteiger partial charge on any atom is -0.436 e. The van der Waals surface area contributed by atoms with Crippen molar-refractivity contribution < 1.29 is 18.8 Å². The second kappa shape index (κ2) is 12.3. The molecule has 0 aliphatic rings. The van der Waals surface area contributed by atoms with E-state index in [1.165, 1.54) is 6.92 Å². The molecule has 36 heavy (non-hydrogen) atoms. The molecular weight excluding hydrogens is 456 g/mol. The first kappa shape index (κ1) is 26.9. The number of aromatic nitrogens is 1. The van der Waals surface area contributed by atoms with Gasteiger partial charge in [0.25, 0.3) is 5.91 Å². The molecule has 0 radical (unpaired) electrons. The van der Waals surface area contributed by atoms with E-state index in [1.807, 2.05) is 50.2 Å². The highest BCUT2D eigenvalue weighted by Crippen LogP contribution is 2.24. The van der Waals surface area contributed by atoms with Crippen molar-refractivity contribution >= 4 is 28.8 Å². The van der Waals surface area contributed by atoms with Crippen LogP contribution in [0.4, 0.5) is 0 Å². The van der Waals surface area contributed by atoms with Crippen molar-refractivity contribution in [2.45, 2.75) is 59.0 Å². The predicted molar refractivity (Wildman–Crippen MR) is 140 cm³/mol. The van der Waals surface area contributed by atoms with Crippen LogP contribution in [-0.2, 0) is 9.59 Å². The predicted octanol–water partition coefficient (Wildman–Crippen LogP) is 4.40. The van der Waals surface area contributed by atoms with Gasteiger partial charge in [0.05, 0.1) is 0 Å². The van der Waals surface area contributed by atoms with Crippen LogP contribution in [-0.4, -0.2) is 53.3 Å². The van der Waals surface area contributed by atoms with E-state index in [9.17, 15) is 14.4 Å². The average molecular weight is 493 g/mol. The number of nitrogens with one attached hydrogen (secondary N) is 2. The zero-order valence-electron chi connectivity index (χ0n) is 21.7. The lowest BCUT2D eigenvalue weighted by molar-refractivity contribution is -0.129. The molecule has 0 spiro atoms. The number of hydrogen-bond donors (Lipinski definition) is 2. The molecule has 3 amide bonds. The lowest BCUT2D eigenvalue weighted by atomic mass is 10.0. The smallest absolute Gasteiger partial charge is 0.253 e. The fraction of sp³-hybridized carbons (Fsp3) is 0.429. The van der Waals surface area contributed by atoms with Gasteiger partial charge in [-0.15, -0.1) is 0 Å². The number of carbonyl (C=O) groups excluding carboxylic acids is 3. The first-order valence-electron chi connectivity index (χ1n) is 12.5. The molecule has 192 valence electrons. The van der Waals surface area contributed by atoms with Crippen LogP contribution in [0.2, 0.25) is 0 Å². The average Bonchev–Trinajstić information content (AvgIpc) is 3.29. The molecule has 1 aromatic heterocycles. The van der Waals surface area contributed by atoms with Crippen LogP contribution in [0.15, 0.2) is 52.9 Å². The van der Waals surface area contributed by atoms with Crippen LogP contribution in [0.1, 0.15) is 57.3 Å². The molecule has 3 rings (SSSR count). The van der Waals surface area contributed by atoms with Crippen molar-refractivity contribution in [2.24, 2.45) is 5.92 Å². The fourth-order valence-corrected chi connectivity index (χ4v) is 4.10. The number of rotatable bonds is 11. The minimum atomic E-state index is -0.582. The normalized spacial score (nSPS) is 12.8. The van der Waals surface area contributed by atoms with Gasteiger partial charge >= 0.3 is 0 Å². The first-order chi connectivity index (χ1) is 17.2.